The molecule has 1 nitrogen and oxygen atoms in total. The topological polar surface area (TPSA) is 15.8 Å². The molecule has 1 heterocycles. The molecule has 1 aliphatic rings. The Bertz CT molecular complexity index is 791. The van der Waals surface area contributed by atoms with Crippen molar-refractivity contribution >= 4 is 10.9 Å². The first-order valence-electron chi connectivity index (χ1n) is 8.49. The van der Waals surface area contributed by atoms with E-state index in [4.69, 9.17) is 0 Å². The Hall–Kier alpha value is -2.02. The molecule has 1 aliphatic carbocycles. The second-order valence-corrected chi connectivity index (χ2v) is 6.71. The quantitative estimate of drug-likeness (QED) is 0.579. The molecule has 1 aromatic heterocycles. The van der Waals surface area contributed by atoms with E-state index in [0.717, 1.165) is 5.92 Å². The van der Waals surface area contributed by atoms with Crippen LogP contribution in [0.25, 0.3) is 22.0 Å². The summed E-state index contributed by atoms with van der Waals surface area (Å²) in [6, 6.07) is 18.2. The van der Waals surface area contributed by atoms with Crippen molar-refractivity contribution in [2.75, 3.05) is 0 Å². The molecule has 0 radical (unpaired) electrons. The summed E-state index contributed by atoms with van der Waals surface area (Å²) in [4.78, 5) is 3.40. The molecular weight excluding hydrogens is 266 g/mol. The van der Waals surface area contributed by atoms with Gasteiger partial charge in [0.2, 0.25) is 0 Å². The fourth-order valence-corrected chi connectivity index (χ4v) is 3.87. The van der Waals surface area contributed by atoms with Gasteiger partial charge in [0, 0.05) is 16.6 Å². The summed E-state index contributed by atoms with van der Waals surface area (Å²) in [5.74, 6) is 0.770. The minimum Gasteiger partial charge on any atom is -0.359 e. The number of hydrogen-bond acceptors (Lipinski definition) is 0. The van der Waals surface area contributed by atoms with Crippen LogP contribution in [0.5, 0.6) is 0 Å². The van der Waals surface area contributed by atoms with Gasteiger partial charge in [-0.2, -0.15) is 0 Å². The van der Waals surface area contributed by atoms with Crippen LogP contribution in [0.4, 0.5) is 0 Å². The predicted octanol–water partition coefficient (Wildman–Crippen LogP) is 6.19. The van der Waals surface area contributed by atoms with E-state index < -0.39 is 0 Å². The van der Waals surface area contributed by atoms with Crippen molar-refractivity contribution in [3.05, 3.63) is 59.8 Å². The molecule has 0 amide bonds. The SMILES string of the molecule is Cc1cc2cc(-c3cccc(C4CCCCC4)c3)ccc2[nH]1. The van der Waals surface area contributed by atoms with Crippen LogP contribution >= 0.6 is 0 Å². The molecular formula is C21H23N. The normalized spacial score (nSPS) is 16.2. The predicted molar refractivity (Wildman–Crippen MR) is 94.3 cm³/mol. The lowest BCUT2D eigenvalue weighted by atomic mass is 9.83. The number of aryl methyl sites for hydroxylation is 1. The summed E-state index contributed by atoms with van der Waals surface area (Å²) in [5.41, 5.74) is 6.66. The standard InChI is InChI=1S/C21H23N/c1-15-12-20-14-19(10-11-21(20)22-15)18-9-5-8-17(13-18)16-6-3-2-4-7-16/h5,8-14,16,22H,2-4,6-7H2,1H3. The monoisotopic (exact) mass is 289 g/mol. The maximum absolute atomic E-state index is 3.40. The molecule has 22 heavy (non-hydrogen) atoms. The summed E-state index contributed by atoms with van der Waals surface area (Å²) >= 11 is 0. The Balaban J connectivity index is 1.70. The molecule has 4 rings (SSSR count). The van der Waals surface area contributed by atoms with Gasteiger partial charge in [-0.05, 0) is 60.6 Å². The van der Waals surface area contributed by atoms with Crippen LogP contribution in [-0.2, 0) is 0 Å². The van der Waals surface area contributed by atoms with Gasteiger partial charge in [-0.1, -0.05) is 49.6 Å². The van der Waals surface area contributed by atoms with Crippen molar-refractivity contribution in [1.82, 2.24) is 4.98 Å². The zero-order chi connectivity index (χ0) is 14.9. The Morgan fingerprint density at radius 2 is 1.68 bits per heavy atom. The first-order valence-corrected chi connectivity index (χ1v) is 8.49. The molecule has 0 saturated heterocycles. The highest BCUT2D eigenvalue weighted by Crippen LogP contribution is 2.34. The first-order chi connectivity index (χ1) is 10.8. The van der Waals surface area contributed by atoms with Gasteiger partial charge in [0.25, 0.3) is 0 Å². The van der Waals surface area contributed by atoms with Crippen LogP contribution in [-0.4, -0.2) is 4.98 Å². The number of H-pyrrole nitrogens is 1. The zero-order valence-corrected chi connectivity index (χ0v) is 13.2. The van der Waals surface area contributed by atoms with Crippen molar-refractivity contribution < 1.29 is 0 Å². The second-order valence-electron chi connectivity index (χ2n) is 6.71. The van der Waals surface area contributed by atoms with Crippen molar-refractivity contribution in [2.24, 2.45) is 0 Å². The Morgan fingerprint density at radius 3 is 2.55 bits per heavy atom. The Morgan fingerprint density at radius 1 is 0.864 bits per heavy atom. The van der Waals surface area contributed by atoms with Gasteiger partial charge in [-0.3, -0.25) is 0 Å². The number of nitrogens with one attached hydrogen (secondary N) is 1. The van der Waals surface area contributed by atoms with Crippen LogP contribution < -0.4 is 0 Å². The molecule has 3 aromatic rings. The van der Waals surface area contributed by atoms with E-state index in [1.54, 1.807) is 0 Å². The number of hydrogen-bond donors (Lipinski definition) is 1. The third-order valence-electron chi connectivity index (χ3n) is 5.05. The lowest BCUT2D eigenvalue weighted by Gasteiger charge is -2.22. The van der Waals surface area contributed by atoms with Gasteiger partial charge in [0.05, 0.1) is 0 Å². The minimum atomic E-state index is 0.770. The average Bonchev–Trinajstić information content (AvgIpc) is 2.95. The summed E-state index contributed by atoms with van der Waals surface area (Å²) < 4.78 is 0. The molecule has 0 aliphatic heterocycles. The van der Waals surface area contributed by atoms with Gasteiger partial charge < -0.3 is 4.98 Å². The van der Waals surface area contributed by atoms with E-state index in [9.17, 15) is 0 Å². The molecule has 0 spiro atoms. The summed E-state index contributed by atoms with van der Waals surface area (Å²) in [6.07, 6.45) is 6.92. The van der Waals surface area contributed by atoms with E-state index in [1.165, 1.54) is 65.4 Å². The lowest BCUT2D eigenvalue weighted by Crippen LogP contribution is -2.04. The van der Waals surface area contributed by atoms with Crippen LogP contribution in [0.1, 0.15) is 49.3 Å². The Kier molecular flexibility index (Phi) is 3.49. The van der Waals surface area contributed by atoms with E-state index in [0.29, 0.717) is 0 Å². The van der Waals surface area contributed by atoms with Crippen molar-refractivity contribution in [3.8, 4) is 11.1 Å². The van der Waals surface area contributed by atoms with Gasteiger partial charge in [0.15, 0.2) is 0 Å². The highest BCUT2D eigenvalue weighted by Gasteiger charge is 2.15. The van der Waals surface area contributed by atoms with E-state index in [1.807, 2.05) is 0 Å². The number of rotatable bonds is 2. The Labute approximate surface area is 132 Å². The maximum atomic E-state index is 3.40. The summed E-state index contributed by atoms with van der Waals surface area (Å²) in [7, 11) is 0. The lowest BCUT2D eigenvalue weighted by molar-refractivity contribution is 0.444. The molecule has 1 fully saturated rings. The summed E-state index contributed by atoms with van der Waals surface area (Å²) in [5, 5.41) is 1.30. The minimum absolute atomic E-state index is 0.770. The van der Waals surface area contributed by atoms with Gasteiger partial charge in [-0.15, -0.1) is 0 Å². The molecule has 112 valence electrons. The summed E-state index contributed by atoms with van der Waals surface area (Å²) in [6.45, 7) is 2.11. The molecule has 1 saturated carbocycles. The fourth-order valence-electron chi connectivity index (χ4n) is 3.87. The van der Waals surface area contributed by atoms with Crippen LogP contribution in [0.3, 0.4) is 0 Å². The van der Waals surface area contributed by atoms with Crippen LogP contribution in [0.2, 0.25) is 0 Å². The van der Waals surface area contributed by atoms with Crippen LogP contribution in [0, 0.1) is 6.92 Å². The average molecular weight is 289 g/mol. The van der Waals surface area contributed by atoms with Gasteiger partial charge >= 0.3 is 0 Å². The second kappa shape index (κ2) is 5.64. The fraction of sp³-hybridized carbons (Fsp3) is 0.333. The molecule has 0 unspecified atom stereocenters. The third-order valence-corrected chi connectivity index (χ3v) is 5.05. The highest BCUT2D eigenvalue weighted by molar-refractivity contribution is 5.85. The van der Waals surface area contributed by atoms with E-state index in [2.05, 4.69) is 60.4 Å². The number of fused-ring (bicyclic) bond motifs is 1. The molecule has 0 atom stereocenters. The van der Waals surface area contributed by atoms with Crippen LogP contribution in [0.15, 0.2) is 48.5 Å². The molecule has 0 bridgehead atoms. The largest absolute Gasteiger partial charge is 0.359 e. The van der Waals surface area contributed by atoms with Crippen molar-refractivity contribution in [2.45, 2.75) is 44.9 Å². The van der Waals surface area contributed by atoms with E-state index >= 15 is 0 Å². The zero-order valence-electron chi connectivity index (χ0n) is 13.2. The molecule has 2 aromatic carbocycles. The maximum Gasteiger partial charge on any atom is 0.0456 e. The number of benzene rings is 2. The number of aromatic amines is 1. The van der Waals surface area contributed by atoms with E-state index in [-0.39, 0.29) is 0 Å². The molecule has 1 N–H and O–H groups in total. The smallest absolute Gasteiger partial charge is 0.0456 e. The van der Waals surface area contributed by atoms with Crippen molar-refractivity contribution in [3.63, 3.8) is 0 Å². The van der Waals surface area contributed by atoms with Crippen molar-refractivity contribution in [1.29, 1.82) is 0 Å². The van der Waals surface area contributed by atoms with Gasteiger partial charge in [0.1, 0.15) is 0 Å². The number of aromatic nitrogens is 1. The third kappa shape index (κ3) is 2.56. The molecule has 1 heteroatoms. The first kappa shape index (κ1) is 13.6. The highest BCUT2D eigenvalue weighted by atomic mass is 14.7. The van der Waals surface area contributed by atoms with Gasteiger partial charge in [-0.25, -0.2) is 0 Å².